The van der Waals surface area contributed by atoms with Gasteiger partial charge in [-0.15, -0.1) is 0 Å². The number of fused-ring (bicyclic) bond motifs is 3. The summed E-state index contributed by atoms with van der Waals surface area (Å²) in [5.74, 6) is -1.17. The first kappa shape index (κ1) is 24.5. The molecule has 0 heterocycles. The second kappa shape index (κ2) is 10.7. The SMILES string of the molecule is CP(=O)(OC(=O)[C@H](CO)NC(=O)OCC1c2ccccc2-c2ccccc21)OC1CCCCC1. The molecule has 2 atom stereocenters. The van der Waals surface area contributed by atoms with Crippen LogP contribution in [0.3, 0.4) is 0 Å². The van der Waals surface area contributed by atoms with Crippen LogP contribution in [0.4, 0.5) is 4.79 Å². The van der Waals surface area contributed by atoms with Gasteiger partial charge in [-0.3, -0.25) is 4.52 Å². The Bertz CT molecular complexity index is 1040. The number of carbonyl (C=O) groups is 2. The van der Waals surface area contributed by atoms with Crippen molar-refractivity contribution in [3.05, 3.63) is 59.7 Å². The van der Waals surface area contributed by atoms with Gasteiger partial charge in [-0.25, -0.2) is 14.2 Å². The van der Waals surface area contributed by atoms with Crippen molar-refractivity contribution >= 4 is 19.7 Å². The molecule has 182 valence electrons. The molecule has 0 bridgehead atoms. The molecule has 1 saturated carbocycles. The minimum atomic E-state index is -3.69. The Balaban J connectivity index is 1.33. The highest BCUT2D eigenvalue weighted by Gasteiger charge is 2.33. The van der Waals surface area contributed by atoms with Crippen molar-refractivity contribution in [2.24, 2.45) is 0 Å². The summed E-state index contributed by atoms with van der Waals surface area (Å²) in [6.45, 7) is 0.553. The van der Waals surface area contributed by atoms with E-state index >= 15 is 0 Å². The molecule has 0 aliphatic heterocycles. The second-order valence-electron chi connectivity index (χ2n) is 8.75. The summed E-state index contributed by atoms with van der Waals surface area (Å²) in [6.07, 6.45) is 3.47. The maximum Gasteiger partial charge on any atom is 0.407 e. The zero-order valence-corrected chi connectivity index (χ0v) is 20.0. The van der Waals surface area contributed by atoms with Crippen LogP contribution in [0.1, 0.15) is 49.1 Å². The van der Waals surface area contributed by atoms with E-state index in [9.17, 15) is 19.3 Å². The quantitative estimate of drug-likeness (QED) is 0.524. The summed E-state index contributed by atoms with van der Waals surface area (Å²) >= 11 is 0. The first-order chi connectivity index (χ1) is 16.4. The lowest BCUT2D eigenvalue weighted by molar-refractivity contribution is -0.138. The van der Waals surface area contributed by atoms with E-state index in [2.05, 4.69) is 5.32 Å². The highest BCUT2D eigenvalue weighted by molar-refractivity contribution is 7.53. The number of hydrogen-bond donors (Lipinski definition) is 2. The Labute approximate surface area is 199 Å². The van der Waals surface area contributed by atoms with Crippen LogP contribution in [0.5, 0.6) is 0 Å². The Hall–Kier alpha value is -2.67. The predicted molar refractivity (Wildman–Crippen MR) is 127 cm³/mol. The van der Waals surface area contributed by atoms with Gasteiger partial charge in [-0.1, -0.05) is 67.8 Å². The first-order valence-electron chi connectivity index (χ1n) is 11.6. The van der Waals surface area contributed by atoms with E-state index in [-0.39, 0.29) is 18.6 Å². The van der Waals surface area contributed by atoms with Gasteiger partial charge in [-0.2, -0.15) is 0 Å². The fraction of sp³-hybridized carbons (Fsp3) is 0.440. The van der Waals surface area contributed by atoms with Crippen LogP contribution in [0, 0.1) is 0 Å². The standard InChI is InChI=1S/C25H30NO7P/c1-34(30,32-17-9-3-2-4-10-17)33-24(28)23(15-27)26-25(29)31-16-22-20-13-7-5-11-18(20)19-12-6-8-14-21(19)22/h5-8,11-14,17,22-23,27H,2-4,9-10,15-16H2,1H3,(H,26,29)/t23-,34?/m0/s1. The molecule has 9 heteroatoms. The zero-order valence-electron chi connectivity index (χ0n) is 19.1. The number of ether oxygens (including phenoxy) is 1. The van der Waals surface area contributed by atoms with E-state index in [0.717, 1.165) is 54.4 Å². The van der Waals surface area contributed by atoms with Crippen LogP contribution in [-0.4, -0.2) is 49.2 Å². The van der Waals surface area contributed by atoms with Crippen LogP contribution in [0.25, 0.3) is 11.1 Å². The van der Waals surface area contributed by atoms with Gasteiger partial charge in [-0.05, 0) is 35.1 Å². The van der Waals surface area contributed by atoms with Gasteiger partial charge in [0.05, 0.1) is 19.4 Å². The Morgan fingerprint density at radius 1 is 1.03 bits per heavy atom. The van der Waals surface area contributed by atoms with Crippen molar-refractivity contribution in [1.82, 2.24) is 5.32 Å². The molecule has 1 amide bonds. The molecule has 0 aromatic heterocycles. The number of carbonyl (C=O) groups excluding carboxylic acids is 2. The molecule has 8 nitrogen and oxygen atoms in total. The van der Waals surface area contributed by atoms with E-state index in [1.165, 1.54) is 6.66 Å². The molecule has 2 aromatic carbocycles. The normalized spacial score (nSPS) is 18.3. The van der Waals surface area contributed by atoms with Crippen molar-refractivity contribution in [1.29, 1.82) is 0 Å². The van der Waals surface area contributed by atoms with Gasteiger partial charge in [0.2, 0.25) is 0 Å². The van der Waals surface area contributed by atoms with Crippen molar-refractivity contribution in [3.63, 3.8) is 0 Å². The van der Waals surface area contributed by atoms with Gasteiger partial charge >= 0.3 is 19.7 Å². The third-order valence-electron chi connectivity index (χ3n) is 6.25. The number of benzene rings is 2. The lowest BCUT2D eigenvalue weighted by Gasteiger charge is -2.26. The average Bonchev–Trinajstić information content (AvgIpc) is 3.15. The van der Waals surface area contributed by atoms with Gasteiger partial charge in [0.25, 0.3) is 0 Å². The molecule has 0 radical (unpaired) electrons. The molecule has 0 spiro atoms. The van der Waals surface area contributed by atoms with Crippen molar-refractivity contribution in [2.75, 3.05) is 19.9 Å². The first-order valence-corrected chi connectivity index (χ1v) is 13.6. The van der Waals surface area contributed by atoms with E-state index in [0.29, 0.717) is 0 Å². The summed E-state index contributed by atoms with van der Waals surface area (Å²) < 4.78 is 28.6. The largest absolute Gasteiger partial charge is 0.449 e. The fourth-order valence-electron chi connectivity index (χ4n) is 4.65. The minimum Gasteiger partial charge on any atom is -0.449 e. The molecule has 2 N–H and O–H groups in total. The number of rotatable bonds is 8. The lowest BCUT2D eigenvalue weighted by atomic mass is 9.98. The van der Waals surface area contributed by atoms with Crippen LogP contribution in [0.15, 0.2) is 48.5 Å². The Morgan fingerprint density at radius 3 is 2.21 bits per heavy atom. The molecule has 1 unspecified atom stereocenters. The van der Waals surface area contributed by atoms with Crippen LogP contribution in [0.2, 0.25) is 0 Å². The van der Waals surface area contributed by atoms with Crippen LogP contribution >= 0.6 is 7.60 Å². The monoisotopic (exact) mass is 487 g/mol. The van der Waals surface area contributed by atoms with Gasteiger partial charge in [0.15, 0.2) is 6.04 Å². The molecule has 0 saturated heterocycles. The van der Waals surface area contributed by atoms with Crippen molar-refractivity contribution in [2.45, 2.75) is 50.2 Å². The fourth-order valence-corrected chi connectivity index (χ4v) is 5.90. The molecular weight excluding hydrogens is 457 g/mol. The van der Waals surface area contributed by atoms with Gasteiger partial charge in [0, 0.05) is 5.92 Å². The van der Waals surface area contributed by atoms with Crippen molar-refractivity contribution < 1.29 is 33.0 Å². The highest BCUT2D eigenvalue weighted by Crippen LogP contribution is 2.47. The minimum absolute atomic E-state index is 0.0596. The zero-order chi connectivity index (χ0) is 24.1. The van der Waals surface area contributed by atoms with Gasteiger partial charge in [0.1, 0.15) is 6.61 Å². The van der Waals surface area contributed by atoms with E-state index in [1.54, 1.807) is 0 Å². The highest BCUT2D eigenvalue weighted by atomic mass is 31.2. The summed E-state index contributed by atoms with van der Waals surface area (Å²) in [5.41, 5.74) is 4.31. The smallest absolute Gasteiger partial charge is 0.407 e. The Morgan fingerprint density at radius 2 is 1.62 bits per heavy atom. The summed E-state index contributed by atoms with van der Waals surface area (Å²) in [4.78, 5) is 24.9. The molecule has 34 heavy (non-hydrogen) atoms. The number of amides is 1. The topological polar surface area (TPSA) is 111 Å². The third kappa shape index (κ3) is 5.69. The van der Waals surface area contributed by atoms with E-state index in [1.807, 2.05) is 48.5 Å². The molecule has 4 rings (SSSR count). The van der Waals surface area contributed by atoms with Gasteiger partial charge < -0.3 is 19.7 Å². The molecule has 2 aliphatic rings. The summed E-state index contributed by atoms with van der Waals surface area (Å²) in [5, 5.41) is 11.9. The molecule has 1 fully saturated rings. The maximum atomic E-state index is 12.6. The van der Waals surface area contributed by atoms with Crippen LogP contribution in [-0.2, 0) is 23.1 Å². The molecule has 2 aromatic rings. The summed E-state index contributed by atoms with van der Waals surface area (Å²) in [6, 6.07) is 14.5. The number of hydrogen-bond acceptors (Lipinski definition) is 7. The van der Waals surface area contributed by atoms with Crippen LogP contribution < -0.4 is 5.32 Å². The predicted octanol–water partition coefficient (Wildman–Crippen LogP) is 4.60. The maximum absolute atomic E-state index is 12.6. The number of aliphatic hydroxyl groups is 1. The lowest BCUT2D eigenvalue weighted by Crippen LogP contribution is -2.44. The second-order valence-corrected chi connectivity index (χ2v) is 10.7. The molecular formula is C25H30NO7P. The number of nitrogens with one attached hydrogen (secondary N) is 1. The third-order valence-corrected chi connectivity index (χ3v) is 7.44. The average molecular weight is 487 g/mol. The number of aliphatic hydroxyl groups excluding tert-OH is 1. The van der Waals surface area contributed by atoms with Crippen molar-refractivity contribution in [3.8, 4) is 11.1 Å². The van der Waals surface area contributed by atoms with E-state index < -0.39 is 32.3 Å². The molecule has 2 aliphatic carbocycles. The summed E-state index contributed by atoms with van der Waals surface area (Å²) in [7, 11) is -3.69. The van der Waals surface area contributed by atoms with E-state index in [4.69, 9.17) is 13.8 Å². The number of alkyl carbamates (subject to hydrolysis) is 1. The Kier molecular flexibility index (Phi) is 7.71.